The lowest BCUT2D eigenvalue weighted by atomic mass is 9.80. The molecule has 0 bridgehead atoms. The molecule has 2 nitrogen and oxygen atoms in total. The van der Waals surface area contributed by atoms with Crippen molar-refractivity contribution in [2.75, 3.05) is 0 Å². The third-order valence-corrected chi connectivity index (χ3v) is 13.2. The van der Waals surface area contributed by atoms with Crippen LogP contribution in [0.2, 0.25) is 0 Å². The molecule has 0 unspecified atom stereocenters. The minimum atomic E-state index is -0.195. The second-order valence-electron chi connectivity index (χ2n) is 16.8. The molecule has 2 heterocycles. The molecule has 0 aliphatic heterocycles. The van der Waals surface area contributed by atoms with Gasteiger partial charge in [0.05, 0.1) is 0 Å². The van der Waals surface area contributed by atoms with Crippen molar-refractivity contribution in [3.05, 3.63) is 193 Å². The summed E-state index contributed by atoms with van der Waals surface area (Å²) >= 11 is 0. The Morgan fingerprint density at radius 2 is 0.864 bits per heavy atom. The summed E-state index contributed by atoms with van der Waals surface area (Å²) in [7, 11) is 0. The molecule has 0 saturated heterocycles. The molecule has 0 atom stereocenters. The Bertz CT molecular complexity index is 3690. The smallest absolute Gasteiger partial charge is 0.143 e. The molecule has 1 aliphatic rings. The maximum Gasteiger partial charge on any atom is 0.143 e. The quantitative estimate of drug-likeness (QED) is 0.168. The molecule has 2 aromatic heterocycles. The third-order valence-electron chi connectivity index (χ3n) is 13.2. The van der Waals surface area contributed by atoms with Crippen molar-refractivity contribution in [1.29, 1.82) is 0 Å². The standard InChI is InChI=1S/C57H36O2/c1-57(2)49-30-35(34-23-27-52-48(28-34)45-26-21-36-29-47-40-14-10-11-19-51(40)58-53(47)32-46(36)56(45)59-52)20-24-38(49)39-25-22-37(31-50(39)57)55-43-17-8-6-15-41(43)54(33-12-4-3-5-13-33)42-16-7-9-18-44(42)55/h3-32H,1-2H3. The van der Waals surface area contributed by atoms with Gasteiger partial charge in [0.15, 0.2) is 0 Å². The van der Waals surface area contributed by atoms with Gasteiger partial charge in [0.25, 0.3) is 0 Å². The number of hydrogen-bond acceptors (Lipinski definition) is 2. The Labute approximate surface area is 340 Å². The summed E-state index contributed by atoms with van der Waals surface area (Å²) in [4.78, 5) is 0. The predicted molar refractivity (Wildman–Crippen MR) is 247 cm³/mol. The molecular formula is C57H36O2. The number of rotatable bonds is 3. The molecule has 0 radical (unpaired) electrons. The molecule has 0 fully saturated rings. The van der Waals surface area contributed by atoms with Crippen LogP contribution < -0.4 is 0 Å². The number of benzene rings is 10. The van der Waals surface area contributed by atoms with E-state index >= 15 is 0 Å². The van der Waals surface area contributed by atoms with Gasteiger partial charge < -0.3 is 8.83 Å². The molecule has 10 aromatic carbocycles. The zero-order valence-electron chi connectivity index (χ0n) is 32.6. The molecule has 0 spiro atoms. The normalized spacial score (nSPS) is 13.4. The van der Waals surface area contributed by atoms with Gasteiger partial charge in [-0.3, -0.25) is 0 Å². The maximum absolute atomic E-state index is 6.62. The topological polar surface area (TPSA) is 26.3 Å². The van der Waals surface area contributed by atoms with Gasteiger partial charge in [0.1, 0.15) is 22.3 Å². The third kappa shape index (κ3) is 4.57. The summed E-state index contributed by atoms with van der Waals surface area (Å²) in [5.74, 6) is 0. The van der Waals surface area contributed by atoms with Crippen LogP contribution in [0.3, 0.4) is 0 Å². The highest BCUT2D eigenvalue weighted by molar-refractivity contribution is 6.22. The van der Waals surface area contributed by atoms with Gasteiger partial charge in [0.2, 0.25) is 0 Å². The van der Waals surface area contributed by atoms with Crippen molar-refractivity contribution in [3.63, 3.8) is 0 Å². The van der Waals surface area contributed by atoms with Crippen LogP contribution in [0.15, 0.2) is 191 Å². The highest BCUT2D eigenvalue weighted by atomic mass is 16.3. The number of furan rings is 2. The van der Waals surface area contributed by atoms with E-state index < -0.39 is 0 Å². The fourth-order valence-corrected chi connectivity index (χ4v) is 10.4. The van der Waals surface area contributed by atoms with Gasteiger partial charge in [-0.2, -0.15) is 0 Å². The SMILES string of the molecule is CC1(C)c2cc(-c3ccc4oc5c6cc7oc8ccccc8c7cc6ccc5c4c3)ccc2-c2ccc(-c3c4ccccc4c(-c4ccccc4)c4ccccc34)cc21. The second kappa shape index (κ2) is 11.8. The van der Waals surface area contributed by atoms with Crippen LogP contribution in [-0.2, 0) is 5.41 Å². The Balaban J connectivity index is 0.922. The molecule has 59 heavy (non-hydrogen) atoms. The molecule has 276 valence electrons. The Hall–Kier alpha value is -7.42. The van der Waals surface area contributed by atoms with Crippen LogP contribution in [0.25, 0.3) is 121 Å². The number of fused-ring (bicyclic) bond motifs is 13. The van der Waals surface area contributed by atoms with E-state index in [1.165, 1.54) is 77.2 Å². The Morgan fingerprint density at radius 3 is 1.58 bits per heavy atom. The van der Waals surface area contributed by atoms with Crippen LogP contribution >= 0.6 is 0 Å². The van der Waals surface area contributed by atoms with Crippen molar-refractivity contribution >= 4 is 76.2 Å². The molecule has 0 amide bonds. The van der Waals surface area contributed by atoms with Crippen molar-refractivity contribution in [2.24, 2.45) is 0 Å². The van der Waals surface area contributed by atoms with E-state index in [4.69, 9.17) is 8.83 Å². The lowest BCUT2D eigenvalue weighted by Crippen LogP contribution is -2.15. The van der Waals surface area contributed by atoms with Crippen LogP contribution in [0.4, 0.5) is 0 Å². The zero-order valence-corrected chi connectivity index (χ0v) is 32.6. The van der Waals surface area contributed by atoms with Gasteiger partial charge in [-0.1, -0.05) is 147 Å². The second-order valence-corrected chi connectivity index (χ2v) is 16.8. The average Bonchev–Trinajstić information content (AvgIpc) is 3.91. The molecule has 0 saturated carbocycles. The Morgan fingerprint density at radius 1 is 0.322 bits per heavy atom. The fraction of sp³-hybridized carbons (Fsp3) is 0.0526. The highest BCUT2D eigenvalue weighted by Gasteiger charge is 2.36. The average molecular weight is 753 g/mol. The Kier molecular flexibility index (Phi) is 6.54. The summed E-state index contributed by atoms with van der Waals surface area (Å²) in [6, 6.07) is 66.6. The summed E-state index contributed by atoms with van der Waals surface area (Å²) < 4.78 is 12.9. The minimum Gasteiger partial charge on any atom is -0.456 e. The van der Waals surface area contributed by atoms with Gasteiger partial charge >= 0.3 is 0 Å². The summed E-state index contributed by atoms with van der Waals surface area (Å²) in [6.45, 7) is 4.77. The first-order chi connectivity index (χ1) is 29.0. The fourth-order valence-electron chi connectivity index (χ4n) is 10.4. The molecule has 0 N–H and O–H groups in total. The van der Waals surface area contributed by atoms with E-state index in [9.17, 15) is 0 Å². The monoisotopic (exact) mass is 752 g/mol. The van der Waals surface area contributed by atoms with E-state index in [-0.39, 0.29) is 5.41 Å². The van der Waals surface area contributed by atoms with Gasteiger partial charge in [-0.25, -0.2) is 0 Å². The molecule has 13 rings (SSSR count). The first-order valence-corrected chi connectivity index (χ1v) is 20.5. The highest BCUT2D eigenvalue weighted by Crippen LogP contribution is 2.52. The molecular weight excluding hydrogens is 717 g/mol. The van der Waals surface area contributed by atoms with Crippen molar-refractivity contribution < 1.29 is 8.83 Å². The molecule has 12 aromatic rings. The molecule has 1 aliphatic carbocycles. The van der Waals surface area contributed by atoms with Crippen LogP contribution in [0.1, 0.15) is 25.0 Å². The maximum atomic E-state index is 6.62. The van der Waals surface area contributed by atoms with Gasteiger partial charge in [0, 0.05) is 32.3 Å². The van der Waals surface area contributed by atoms with Crippen LogP contribution in [-0.4, -0.2) is 0 Å². The summed E-state index contributed by atoms with van der Waals surface area (Å²) in [6.07, 6.45) is 0. The largest absolute Gasteiger partial charge is 0.456 e. The minimum absolute atomic E-state index is 0.195. The van der Waals surface area contributed by atoms with Crippen molar-refractivity contribution in [1.82, 2.24) is 0 Å². The number of para-hydroxylation sites is 1. The summed E-state index contributed by atoms with van der Waals surface area (Å²) in [5.41, 5.74) is 16.2. The van der Waals surface area contributed by atoms with E-state index in [2.05, 4.69) is 184 Å². The number of hydrogen-bond donors (Lipinski definition) is 0. The van der Waals surface area contributed by atoms with Crippen LogP contribution in [0.5, 0.6) is 0 Å². The van der Waals surface area contributed by atoms with Crippen molar-refractivity contribution in [2.45, 2.75) is 19.3 Å². The van der Waals surface area contributed by atoms with Gasteiger partial charge in [-0.05, 0) is 131 Å². The van der Waals surface area contributed by atoms with E-state index in [0.717, 1.165) is 54.6 Å². The lowest BCUT2D eigenvalue weighted by molar-refractivity contribution is 0.661. The summed E-state index contributed by atoms with van der Waals surface area (Å²) in [5, 5.41) is 11.8. The lowest BCUT2D eigenvalue weighted by Gasteiger charge is -2.23. The first-order valence-electron chi connectivity index (χ1n) is 20.5. The van der Waals surface area contributed by atoms with E-state index in [1.807, 2.05) is 12.1 Å². The zero-order chi connectivity index (χ0) is 39.0. The van der Waals surface area contributed by atoms with Crippen LogP contribution in [0, 0.1) is 0 Å². The van der Waals surface area contributed by atoms with Gasteiger partial charge in [-0.15, -0.1) is 0 Å². The van der Waals surface area contributed by atoms with E-state index in [0.29, 0.717) is 0 Å². The predicted octanol–water partition coefficient (Wildman–Crippen LogP) is 16.3. The molecule has 2 heteroatoms. The first kappa shape index (κ1) is 32.6. The van der Waals surface area contributed by atoms with E-state index in [1.54, 1.807) is 0 Å². The van der Waals surface area contributed by atoms with Crippen molar-refractivity contribution in [3.8, 4) is 44.5 Å².